The normalized spacial score (nSPS) is 12.4. The third-order valence-corrected chi connectivity index (χ3v) is 1.52. The molecule has 0 saturated heterocycles. The van der Waals surface area contributed by atoms with E-state index in [0.29, 0.717) is 0 Å². The van der Waals surface area contributed by atoms with Crippen LogP contribution in [-0.4, -0.2) is 12.2 Å². The summed E-state index contributed by atoms with van der Waals surface area (Å²) in [4.78, 5) is 0. The highest BCUT2D eigenvalue weighted by Gasteiger charge is 1.92. The summed E-state index contributed by atoms with van der Waals surface area (Å²) in [5, 5.41) is 7.00. The molecule has 0 amide bonds. The fourth-order valence-corrected chi connectivity index (χ4v) is 0.941. The molecule has 74 valence electrons. The van der Waals surface area contributed by atoms with Gasteiger partial charge in [0, 0.05) is 7.11 Å². The van der Waals surface area contributed by atoms with Crippen molar-refractivity contribution in [2.45, 2.75) is 20.8 Å². The Morgan fingerprint density at radius 3 is 1.69 bits per heavy atom. The summed E-state index contributed by atoms with van der Waals surface area (Å²) in [5.74, 6) is 0. The zero-order chi connectivity index (χ0) is 10.7. The summed E-state index contributed by atoms with van der Waals surface area (Å²) < 4.78 is 0. The molecule has 0 bridgehead atoms. The molecule has 0 aliphatic rings. The Morgan fingerprint density at radius 1 is 1.00 bits per heavy atom. The first-order chi connectivity index (χ1) is 6.29. The van der Waals surface area contributed by atoms with E-state index in [1.54, 1.807) is 0 Å². The monoisotopic (exact) mass is 180 g/mol. The van der Waals surface area contributed by atoms with Gasteiger partial charge < -0.3 is 5.11 Å². The molecule has 0 aromatic heterocycles. The number of hydrogen-bond donors (Lipinski definition) is 1. The standard InChI is InChI=1S/C11H16.CH4O/c1-5-9-11(8-4)10(6-2)7-3;1-2/h5-9H,2H2,1,3-4H3;2H,1H3/b9-5-,10-7-,11-8-;. The molecular weight excluding hydrogens is 160 g/mol. The highest BCUT2D eigenvalue weighted by Crippen LogP contribution is 2.11. The fourth-order valence-electron chi connectivity index (χ4n) is 0.941. The van der Waals surface area contributed by atoms with Gasteiger partial charge in [0.25, 0.3) is 0 Å². The van der Waals surface area contributed by atoms with Crippen molar-refractivity contribution in [3.63, 3.8) is 0 Å². The molecular formula is C12H20O. The first-order valence-corrected chi connectivity index (χ1v) is 4.33. The highest BCUT2D eigenvalue weighted by molar-refractivity contribution is 5.44. The predicted molar refractivity (Wildman–Crippen MR) is 60.7 cm³/mol. The molecule has 1 nitrogen and oxygen atoms in total. The van der Waals surface area contributed by atoms with Crippen molar-refractivity contribution in [1.29, 1.82) is 0 Å². The summed E-state index contributed by atoms with van der Waals surface area (Å²) in [6, 6.07) is 0. The van der Waals surface area contributed by atoms with Gasteiger partial charge in [-0.15, -0.1) is 0 Å². The van der Waals surface area contributed by atoms with Gasteiger partial charge in [0.15, 0.2) is 0 Å². The van der Waals surface area contributed by atoms with Gasteiger partial charge in [0.05, 0.1) is 0 Å². The Hall–Kier alpha value is -1.08. The van der Waals surface area contributed by atoms with E-state index in [0.717, 1.165) is 7.11 Å². The average Bonchev–Trinajstić information content (AvgIpc) is 2.21. The average molecular weight is 180 g/mol. The van der Waals surface area contributed by atoms with Gasteiger partial charge in [-0.2, -0.15) is 0 Å². The summed E-state index contributed by atoms with van der Waals surface area (Å²) >= 11 is 0. The van der Waals surface area contributed by atoms with Gasteiger partial charge in [-0.25, -0.2) is 0 Å². The molecule has 0 heterocycles. The number of hydrogen-bond acceptors (Lipinski definition) is 1. The van der Waals surface area contributed by atoms with Gasteiger partial charge in [-0.3, -0.25) is 0 Å². The van der Waals surface area contributed by atoms with E-state index < -0.39 is 0 Å². The molecule has 13 heavy (non-hydrogen) atoms. The first-order valence-electron chi connectivity index (χ1n) is 4.33. The topological polar surface area (TPSA) is 20.2 Å². The van der Waals surface area contributed by atoms with Crippen LogP contribution < -0.4 is 0 Å². The van der Waals surface area contributed by atoms with Crippen LogP contribution in [-0.2, 0) is 0 Å². The van der Waals surface area contributed by atoms with Crippen molar-refractivity contribution in [2.75, 3.05) is 7.11 Å². The van der Waals surface area contributed by atoms with Crippen molar-refractivity contribution >= 4 is 0 Å². The summed E-state index contributed by atoms with van der Waals surface area (Å²) in [7, 11) is 1.00. The molecule has 0 rings (SSSR count). The third kappa shape index (κ3) is 6.12. The lowest BCUT2D eigenvalue weighted by molar-refractivity contribution is 0.399. The maximum Gasteiger partial charge on any atom is 0.0319 e. The van der Waals surface area contributed by atoms with E-state index in [-0.39, 0.29) is 0 Å². The van der Waals surface area contributed by atoms with E-state index in [1.807, 2.05) is 32.9 Å². The Balaban J connectivity index is 0. The second kappa shape index (κ2) is 10.9. The number of aliphatic hydroxyl groups is 1. The van der Waals surface area contributed by atoms with Gasteiger partial charge in [0.2, 0.25) is 0 Å². The van der Waals surface area contributed by atoms with Crippen molar-refractivity contribution < 1.29 is 5.11 Å². The summed E-state index contributed by atoms with van der Waals surface area (Å²) in [6.45, 7) is 9.80. The molecule has 0 aromatic carbocycles. The molecule has 0 aliphatic heterocycles. The molecule has 0 atom stereocenters. The quantitative estimate of drug-likeness (QED) is 0.661. The lowest BCUT2D eigenvalue weighted by atomic mass is 10.1. The van der Waals surface area contributed by atoms with E-state index >= 15 is 0 Å². The second-order valence-corrected chi connectivity index (χ2v) is 2.19. The van der Waals surface area contributed by atoms with Crippen LogP contribution in [0.2, 0.25) is 0 Å². The SMILES string of the molecule is C=CC(=C/C)/C(/C=C\C)=C\C.CO. The lowest BCUT2D eigenvalue weighted by Crippen LogP contribution is -1.80. The molecule has 0 spiro atoms. The molecule has 0 aliphatic carbocycles. The summed E-state index contributed by atoms with van der Waals surface area (Å²) in [5.41, 5.74) is 2.41. The minimum Gasteiger partial charge on any atom is -0.400 e. The molecule has 0 fully saturated rings. The van der Waals surface area contributed by atoms with Crippen molar-refractivity contribution in [1.82, 2.24) is 0 Å². The van der Waals surface area contributed by atoms with E-state index in [4.69, 9.17) is 5.11 Å². The largest absolute Gasteiger partial charge is 0.400 e. The van der Waals surface area contributed by atoms with Gasteiger partial charge >= 0.3 is 0 Å². The highest BCUT2D eigenvalue weighted by atomic mass is 16.2. The minimum absolute atomic E-state index is 1.00. The van der Waals surface area contributed by atoms with Crippen LogP contribution in [0.5, 0.6) is 0 Å². The van der Waals surface area contributed by atoms with Crippen LogP contribution in [0.15, 0.2) is 48.1 Å². The number of aliphatic hydroxyl groups excluding tert-OH is 1. The molecule has 0 unspecified atom stereocenters. The zero-order valence-corrected chi connectivity index (χ0v) is 9.04. The smallest absolute Gasteiger partial charge is 0.0319 e. The van der Waals surface area contributed by atoms with Gasteiger partial charge in [-0.1, -0.05) is 37.0 Å². The van der Waals surface area contributed by atoms with E-state index in [2.05, 4.69) is 24.8 Å². The Kier molecular flexibility index (Phi) is 12.1. The Bertz CT molecular complexity index is 207. The maximum absolute atomic E-state index is 7.00. The maximum atomic E-state index is 7.00. The number of allylic oxidation sites excluding steroid dienone is 7. The lowest BCUT2D eigenvalue weighted by Gasteiger charge is -1.99. The molecule has 1 N–H and O–H groups in total. The van der Waals surface area contributed by atoms with Crippen LogP contribution in [0.1, 0.15) is 20.8 Å². The zero-order valence-electron chi connectivity index (χ0n) is 9.04. The van der Waals surface area contributed by atoms with Crippen LogP contribution in [0, 0.1) is 0 Å². The molecule has 0 aromatic rings. The van der Waals surface area contributed by atoms with Crippen molar-refractivity contribution in [3.8, 4) is 0 Å². The van der Waals surface area contributed by atoms with Gasteiger partial charge in [-0.05, 0) is 31.9 Å². The van der Waals surface area contributed by atoms with E-state index in [1.165, 1.54) is 11.1 Å². The Labute approximate surface area is 81.8 Å². The first kappa shape index (κ1) is 14.4. The van der Waals surface area contributed by atoms with Crippen molar-refractivity contribution in [2.24, 2.45) is 0 Å². The third-order valence-electron chi connectivity index (χ3n) is 1.52. The Morgan fingerprint density at radius 2 is 1.46 bits per heavy atom. The minimum atomic E-state index is 1.00. The molecule has 0 radical (unpaired) electrons. The van der Waals surface area contributed by atoms with Crippen LogP contribution >= 0.6 is 0 Å². The second-order valence-electron chi connectivity index (χ2n) is 2.19. The van der Waals surface area contributed by atoms with Crippen LogP contribution in [0.25, 0.3) is 0 Å². The summed E-state index contributed by atoms with van der Waals surface area (Å²) in [6.07, 6.45) is 10.1. The van der Waals surface area contributed by atoms with Crippen molar-refractivity contribution in [3.05, 3.63) is 48.1 Å². The van der Waals surface area contributed by atoms with Gasteiger partial charge in [0.1, 0.15) is 0 Å². The molecule has 1 heteroatoms. The van der Waals surface area contributed by atoms with E-state index in [9.17, 15) is 0 Å². The van der Waals surface area contributed by atoms with Crippen LogP contribution in [0.3, 0.4) is 0 Å². The fraction of sp³-hybridized carbons (Fsp3) is 0.333. The molecule has 0 saturated carbocycles. The predicted octanol–water partition coefficient (Wildman–Crippen LogP) is 3.25. The number of rotatable bonds is 3. The van der Waals surface area contributed by atoms with Crippen LogP contribution in [0.4, 0.5) is 0 Å².